The lowest BCUT2D eigenvalue weighted by atomic mass is 9.49. The number of carbonyl (C=O) groups is 2. The lowest BCUT2D eigenvalue weighted by molar-refractivity contribution is -0.216. The number of ether oxygens (including phenoxy) is 2. The molecule has 0 aliphatic heterocycles. The number of hydrogen-bond acceptors (Lipinski definition) is 6. The largest absolute Gasteiger partial charge is 0.465 e. The van der Waals surface area contributed by atoms with Gasteiger partial charge in [0.2, 0.25) is 0 Å². The van der Waals surface area contributed by atoms with Crippen LogP contribution in [-0.4, -0.2) is 42.4 Å². The Morgan fingerprint density at radius 2 is 1.64 bits per heavy atom. The maximum Gasteiger partial charge on any atom is 0.465 e. The second-order valence-corrected chi connectivity index (χ2v) is 9.87. The Morgan fingerprint density at radius 1 is 1.11 bits per heavy atom. The average molecular weight is 424 g/mol. The molecule has 0 unspecified atom stereocenters. The summed E-state index contributed by atoms with van der Waals surface area (Å²) < 4.78 is 66.0. The van der Waals surface area contributed by atoms with E-state index in [1.54, 1.807) is 0 Å². The zero-order chi connectivity index (χ0) is 20.7. The van der Waals surface area contributed by atoms with E-state index in [2.05, 4.69) is 4.74 Å². The summed E-state index contributed by atoms with van der Waals surface area (Å²) in [4.78, 5) is 23.6. The van der Waals surface area contributed by atoms with Crippen molar-refractivity contribution in [3.8, 4) is 0 Å². The molecular weight excluding hydrogens is 398 g/mol. The third-order valence-corrected chi connectivity index (χ3v) is 7.44. The third-order valence-electron chi connectivity index (χ3n) is 6.63. The minimum Gasteiger partial charge on any atom is -0.456 e. The zero-order valence-corrected chi connectivity index (χ0v) is 16.6. The van der Waals surface area contributed by atoms with E-state index >= 15 is 0 Å². The molecule has 28 heavy (non-hydrogen) atoms. The highest BCUT2D eigenvalue weighted by atomic mass is 32.2. The second kappa shape index (κ2) is 7.51. The van der Waals surface area contributed by atoms with Crippen molar-refractivity contribution in [2.75, 3.05) is 6.61 Å². The summed E-state index contributed by atoms with van der Waals surface area (Å²) in [5.41, 5.74) is -0.668. The quantitative estimate of drug-likeness (QED) is 0.471. The molecule has 0 heterocycles. The first kappa shape index (κ1) is 21.4. The van der Waals surface area contributed by atoms with Crippen molar-refractivity contribution in [1.29, 1.82) is 0 Å². The van der Waals surface area contributed by atoms with E-state index in [0.717, 1.165) is 38.5 Å². The van der Waals surface area contributed by atoms with Crippen LogP contribution in [0.25, 0.3) is 0 Å². The maximum atomic E-state index is 13.2. The highest BCUT2D eigenvalue weighted by Crippen LogP contribution is 2.61. The van der Waals surface area contributed by atoms with Gasteiger partial charge < -0.3 is 9.47 Å². The van der Waals surface area contributed by atoms with Crippen molar-refractivity contribution < 1.29 is 40.8 Å². The molecular formula is C18H26F2O7S. The van der Waals surface area contributed by atoms with Gasteiger partial charge in [-0.1, -0.05) is 13.3 Å². The molecule has 1 N–H and O–H groups in total. The summed E-state index contributed by atoms with van der Waals surface area (Å²) in [7, 11) is -5.97. The van der Waals surface area contributed by atoms with E-state index in [4.69, 9.17) is 9.29 Å². The van der Waals surface area contributed by atoms with Gasteiger partial charge in [0.25, 0.3) is 0 Å². The topological polar surface area (TPSA) is 107 Å². The standard InChI is InChI=1S/C18H26F2O7S/c1-2-3-4-17(13-6-11-5-12(8-13)9-14(17)7-11)27-15(21)10-26-16(22)18(19,20)28(23,24)25/h11-14H,2-10H2,1H3,(H,23,24,25). The van der Waals surface area contributed by atoms with Crippen LogP contribution >= 0.6 is 0 Å². The number of hydrogen-bond donors (Lipinski definition) is 1. The van der Waals surface area contributed by atoms with Crippen LogP contribution in [0.3, 0.4) is 0 Å². The van der Waals surface area contributed by atoms with Crippen molar-refractivity contribution in [2.24, 2.45) is 23.7 Å². The number of halogens is 2. The molecule has 0 spiro atoms. The number of unbranched alkanes of at least 4 members (excludes halogenated alkanes) is 1. The molecule has 0 aromatic rings. The van der Waals surface area contributed by atoms with E-state index in [-0.39, 0.29) is 11.8 Å². The predicted octanol–water partition coefficient (Wildman–Crippen LogP) is 2.94. The fraction of sp³-hybridized carbons (Fsp3) is 0.889. The molecule has 4 fully saturated rings. The molecule has 0 amide bonds. The molecule has 0 atom stereocenters. The van der Waals surface area contributed by atoms with Crippen molar-refractivity contribution in [1.82, 2.24) is 0 Å². The molecule has 0 radical (unpaired) electrons. The van der Waals surface area contributed by atoms with Crippen LogP contribution in [0, 0.1) is 23.7 Å². The first-order valence-electron chi connectivity index (χ1n) is 9.73. The number of esters is 2. The zero-order valence-electron chi connectivity index (χ0n) is 15.7. The van der Waals surface area contributed by atoms with Gasteiger partial charge in [0.15, 0.2) is 6.61 Å². The average Bonchev–Trinajstić information content (AvgIpc) is 2.60. The molecule has 0 saturated heterocycles. The Hall–Kier alpha value is -1.29. The van der Waals surface area contributed by atoms with Gasteiger partial charge in [0.1, 0.15) is 5.60 Å². The summed E-state index contributed by atoms with van der Waals surface area (Å²) in [5.74, 6) is -1.75. The monoisotopic (exact) mass is 424 g/mol. The smallest absolute Gasteiger partial charge is 0.456 e. The van der Waals surface area contributed by atoms with Crippen LogP contribution < -0.4 is 0 Å². The summed E-state index contributed by atoms with van der Waals surface area (Å²) in [5, 5.41) is -5.13. The first-order chi connectivity index (χ1) is 13.0. The highest BCUT2D eigenvalue weighted by molar-refractivity contribution is 7.87. The van der Waals surface area contributed by atoms with Crippen molar-refractivity contribution in [2.45, 2.75) is 69.1 Å². The Morgan fingerprint density at radius 3 is 2.11 bits per heavy atom. The molecule has 4 saturated carbocycles. The third kappa shape index (κ3) is 3.77. The van der Waals surface area contributed by atoms with Crippen LogP contribution in [0.5, 0.6) is 0 Å². The Labute approximate surface area is 162 Å². The van der Waals surface area contributed by atoms with Gasteiger partial charge in [-0.15, -0.1) is 0 Å². The molecule has 0 aromatic heterocycles. The van der Waals surface area contributed by atoms with Gasteiger partial charge in [0.05, 0.1) is 0 Å². The van der Waals surface area contributed by atoms with Crippen LogP contribution in [0.1, 0.15) is 58.3 Å². The van der Waals surface area contributed by atoms with Gasteiger partial charge in [-0.3, -0.25) is 4.55 Å². The van der Waals surface area contributed by atoms with Gasteiger partial charge in [-0.05, 0) is 68.6 Å². The fourth-order valence-corrected chi connectivity index (χ4v) is 5.89. The molecule has 4 aliphatic rings. The lowest BCUT2D eigenvalue weighted by Crippen LogP contribution is -2.60. The maximum absolute atomic E-state index is 13.2. The van der Waals surface area contributed by atoms with E-state index in [1.165, 1.54) is 6.42 Å². The van der Waals surface area contributed by atoms with E-state index in [0.29, 0.717) is 18.3 Å². The Kier molecular flexibility index (Phi) is 5.75. The molecule has 4 bridgehead atoms. The van der Waals surface area contributed by atoms with Gasteiger partial charge in [-0.25, -0.2) is 9.59 Å². The molecule has 10 heteroatoms. The van der Waals surface area contributed by atoms with E-state index < -0.39 is 39.5 Å². The molecule has 4 aliphatic carbocycles. The minimum absolute atomic E-state index is 0.217. The van der Waals surface area contributed by atoms with Gasteiger partial charge >= 0.3 is 27.3 Å². The van der Waals surface area contributed by atoms with Crippen LogP contribution in [0.2, 0.25) is 0 Å². The number of alkyl halides is 2. The second-order valence-electron chi connectivity index (χ2n) is 8.40. The van der Waals surface area contributed by atoms with Crippen LogP contribution in [0.15, 0.2) is 0 Å². The van der Waals surface area contributed by atoms with Gasteiger partial charge in [-0.2, -0.15) is 17.2 Å². The Balaban J connectivity index is 1.67. The highest BCUT2D eigenvalue weighted by Gasteiger charge is 2.59. The first-order valence-corrected chi connectivity index (χ1v) is 11.2. The molecule has 4 rings (SSSR count). The summed E-state index contributed by atoms with van der Waals surface area (Å²) in [6.45, 7) is 0.912. The predicted molar refractivity (Wildman–Crippen MR) is 92.8 cm³/mol. The summed E-state index contributed by atoms with van der Waals surface area (Å²) in [6, 6.07) is 0. The van der Waals surface area contributed by atoms with Crippen molar-refractivity contribution in [3.05, 3.63) is 0 Å². The normalized spacial score (nSPS) is 34.3. The van der Waals surface area contributed by atoms with E-state index in [1.807, 2.05) is 6.92 Å². The summed E-state index contributed by atoms with van der Waals surface area (Å²) in [6.07, 6.45) is 7.58. The molecule has 160 valence electrons. The molecule has 0 aromatic carbocycles. The SMILES string of the molecule is CCCCC1(OC(=O)COC(=O)C(F)(F)S(=O)(=O)O)C2CC3CC(C2)CC1C3. The lowest BCUT2D eigenvalue weighted by Gasteiger charge is -2.60. The summed E-state index contributed by atoms with van der Waals surface area (Å²) >= 11 is 0. The number of rotatable bonds is 8. The Bertz CT molecular complexity index is 706. The van der Waals surface area contributed by atoms with Crippen molar-refractivity contribution in [3.63, 3.8) is 0 Å². The van der Waals surface area contributed by atoms with Crippen LogP contribution in [-0.2, 0) is 29.2 Å². The van der Waals surface area contributed by atoms with Gasteiger partial charge in [0, 0.05) is 0 Å². The minimum atomic E-state index is -5.97. The number of carbonyl (C=O) groups excluding carboxylic acids is 2. The fourth-order valence-electron chi connectivity index (χ4n) is 5.62. The van der Waals surface area contributed by atoms with Crippen LogP contribution in [0.4, 0.5) is 8.78 Å². The van der Waals surface area contributed by atoms with Crippen molar-refractivity contribution >= 4 is 22.1 Å². The van der Waals surface area contributed by atoms with E-state index in [9.17, 15) is 26.8 Å². The molecule has 7 nitrogen and oxygen atoms in total.